The summed E-state index contributed by atoms with van der Waals surface area (Å²) in [5, 5.41) is 8.32. The molecule has 0 aliphatic carbocycles. The van der Waals surface area contributed by atoms with Gasteiger partial charge in [-0.3, -0.25) is 9.59 Å². The molecule has 5 nitrogen and oxygen atoms in total. The van der Waals surface area contributed by atoms with Crippen molar-refractivity contribution < 1.29 is 18.4 Å². The molecule has 3 N–H and O–H groups in total. The van der Waals surface area contributed by atoms with Crippen LogP contribution in [0.4, 0.5) is 14.5 Å². The first-order chi connectivity index (χ1) is 17.4. The lowest BCUT2D eigenvalue weighted by Gasteiger charge is -2.22. The Kier molecular flexibility index (Phi) is 17.0. The van der Waals surface area contributed by atoms with E-state index in [0.717, 1.165) is 18.5 Å². The van der Waals surface area contributed by atoms with Crippen LogP contribution in [0.5, 0.6) is 0 Å². The molecule has 0 aromatic heterocycles. The highest BCUT2D eigenvalue weighted by atomic mass is 35.5. The van der Waals surface area contributed by atoms with Gasteiger partial charge in [-0.05, 0) is 47.2 Å². The highest BCUT2D eigenvalue weighted by Crippen LogP contribution is 2.41. The maximum Gasteiger partial charge on any atom is 0.211 e. The van der Waals surface area contributed by atoms with E-state index in [0.29, 0.717) is 42.6 Å². The van der Waals surface area contributed by atoms with Crippen molar-refractivity contribution in [2.75, 3.05) is 25.0 Å². The molecule has 1 fully saturated rings. The molecule has 3 rings (SSSR count). The molecule has 1 aliphatic rings. The van der Waals surface area contributed by atoms with E-state index in [1.165, 1.54) is 18.2 Å². The highest BCUT2D eigenvalue weighted by Gasteiger charge is 2.32. The van der Waals surface area contributed by atoms with Gasteiger partial charge >= 0.3 is 0 Å². The summed E-state index contributed by atoms with van der Waals surface area (Å²) >= 11 is 11.7. The predicted molar refractivity (Wildman–Crippen MR) is 152 cm³/mol. The molecule has 2 aromatic carbocycles. The predicted octanol–water partition coefficient (Wildman–Crippen LogP) is 7.53. The van der Waals surface area contributed by atoms with E-state index in [9.17, 15) is 18.4 Å². The Balaban J connectivity index is 0.000000833. The average molecular weight is 561 g/mol. The smallest absolute Gasteiger partial charge is 0.211 e. The Morgan fingerprint density at radius 1 is 0.946 bits per heavy atom. The number of hydrogen-bond donors (Lipinski definition) is 3. The number of carbonyl (C=O) groups is 2. The second-order valence-corrected chi connectivity index (χ2v) is 10.5. The van der Waals surface area contributed by atoms with Crippen molar-refractivity contribution in [1.82, 2.24) is 10.6 Å². The van der Waals surface area contributed by atoms with Gasteiger partial charge in [0.2, 0.25) is 12.8 Å². The minimum absolute atomic E-state index is 0.0316. The zero-order chi connectivity index (χ0) is 28.6. The summed E-state index contributed by atoms with van der Waals surface area (Å²) < 4.78 is 27.4. The van der Waals surface area contributed by atoms with Crippen LogP contribution in [0.1, 0.15) is 77.8 Å². The van der Waals surface area contributed by atoms with Gasteiger partial charge in [-0.2, -0.15) is 0 Å². The first kappa shape index (κ1) is 34.8. The molecule has 208 valence electrons. The molecule has 2 aromatic rings. The maximum absolute atomic E-state index is 14.0. The lowest BCUT2D eigenvalue weighted by Crippen LogP contribution is -2.12. The van der Waals surface area contributed by atoms with Crippen LogP contribution in [0.3, 0.4) is 0 Å². The highest BCUT2D eigenvalue weighted by molar-refractivity contribution is 6.31. The van der Waals surface area contributed by atoms with Gasteiger partial charge in [-0.15, -0.1) is 0 Å². The van der Waals surface area contributed by atoms with E-state index in [4.69, 9.17) is 23.2 Å². The fourth-order valence-corrected chi connectivity index (χ4v) is 3.71. The second-order valence-electron chi connectivity index (χ2n) is 9.73. The van der Waals surface area contributed by atoms with Gasteiger partial charge in [0.15, 0.2) is 0 Å². The van der Waals surface area contributed by atoms with Gasteiger partial charge in [0.25, 0.3) is 0 Å². The van der Waals surface area contributed by atoms with E-state index in [2.05, 4.69) is 43.6 Å². The minimum atomic E-state index is -0.550. The first-order valence-corrected chi connectivity index (χ1v) is 13.2. The van der Waals surface area contributed by atoms with Crippen molar-refractivity contribution in [2.45, 2.75) is 66.7 Å². The van der Waals surface area contributed by atoms with E-state index >= 15 is 0 Å². The molecule has 9 heteroatoms. The van der Waals surface area contributed by atoms with E-state index in [1.807, 2.05) is 20.8 Å². The van der Waals surface area contributed by atoms with Crippen LogP contribution >= 0.6 is 23.2 Å². The molecule has 0 bridgehead atoms. The number of amides is 2. The van der Waals surface area contributed by atoms with Crippen LogP contribution in [-0.4, -0.2) is 32.5 Å². The third kappa shape index (κ3) is 13.2. The summed E-state index contributed by atoms with van der Waals surface area (Å²) in [6, 6.07) is 7.31. The molecular weight excluding hydrogens is 519 g/mol. The number of rotatable bonds is 7. The summed E-state index contributed by atoms with van der Waals surface area (Å²) in [6.07, 6.45) is 2.25. The van der Waals surface area contributed by atoms with Gasteiger partial charge in [-0.1, -0.05) is 77.7 Å². The van der Waals surface area contributed by atoms with Crippen LogP contribution in [0.2, 0.25) is 10.0 Å². The zero-order valence-corrected chi connectivity index (χ0v) is 24.4. The molecule has 0 spiro atoms. The lowest BCUT2D eigenvalue weighted by molar-refractivity contribution is -0.109. The lowest BCUT2D eigenvalue weighted by atomic mass is 9.83. The van der Waals surface area contributed by atoms with Gasteiger partial charge in [0.05, 0.1) is 10.0 Å². The van der Waals surface area contributed by atoms with Crippen molar-refractivity contribution in [3.63, 3.8) is 0 Å². The van der Waals surface area contributed by atoms with Crippen LogP contribution in [0.25, 0.3) is 0 Å². The van der Waals surface area contributed by atoms with E-state index < -0.39 is 11.6 Å². The molecule has 1 saturated heterocycles. The molecule has 0 radical (unpaired) electrons. The van der Waals surface area contributed by atoms with Crippen molar-refractivity contribution in [3.05, 3.63) is 63.1 Å². The number of benzene rings is 2. The maximum atomic E-state index is 14.0. The van der Waals surface area contributed by atoms with Gasteiger partial charge < -0.3 is 16.0 Å². The standard InChI is InChI=1S/C17H14Cl2F2N2O.C5H12.C4H9NO.C2H6/c18-13-3-9(1-2-15(13)20)11-6-22-7-12(11)10-4-16(21)14(19)5-17(10)23-8-24;1-5(2,3)4;1-2-3-5-4-6;1-2/h1-5,8,11-12,22H,6-7H2,(H,23,24);1-4H3;4H,2-3H2,1H3,(H,5,6);1-2H3/t11?,12-;;;/m0.../s1. The Bertz CT molecular complexity index is 963. The molecule has 2 atom stereocenters. The summed E-state index contributed by atoms with van der Waals surface area (Å²) in [4.78, 5) is 20.3. The van der Waals surface area contributed by atoms with Crippen molar-refractivity contribution in [1.29, 1.82) is 0 Å². The number of halogens is 4. The first-order valence-electron chi connectivity index (χ1n) is 12.4. The van der Waals surface area contributed by atoms with Gasteiger partial charge in [0.1, 0.15) is 11.6 Å². The van der Waals surface area contributed by atoms with Gasteiger partial charge in [0, 0.05) is 37.2 Å². The van der Waals surface area contributed by atoms with Gasteiger partial charge in [-0.25, -0.2) is 8.78 Å². The second kappa shape index (κ2) is 18.1. The van der Waals surface area contributed by atoms with Crippen LogP contribution < -0.4 is 16.0 Å². The Labute approximate surface area is 230 Å². The summed E-state index contributed by atoms with van der Waals surface area (Å²) in [5.41, 5.74) is 2.45. The fraction of sp³-hybridized carbons (Fsp3) is 0.500. The average Bonchev–Trinajstić information content (AvgIpc) is 3.32. The topological polar surface area (TPSA) is 70.2 Å². The zero-order valence-electron chi connectivity index (χ0n) is 22.9. The van der Waals surface area contributed by atoms with Crippen molar-refractivity contribution in [2.24, 2.45) is 5.41 Å². The quantitative estimate of drug-likeness (QED) is 0.242. The van der Waals surface area contributed by atoms with E-state index in [1.54, 1.807) is 12.1 Å². The minimum Gasteiger partial charge on any atom is -0.359 e. The molecule has 2 amide bonds. The molecule has 1 aliphatic heterocycles. The number of hydrogen-bond acceptors (Lipinski definition) is 3. The Hall–Kier alpha value is -2.22. The van der Waals surface area contributed by atoms with Crippen LogP contribution in [-0.2, 0) is 9.59 Å². The summed E-state index contributed by atoms with van der Waals surface area (Å²) in [6.45, 7) is 16.8. The van der Waals surface area contributed by atoms with E-state index in [-0.39, 0.29) is 21.9 Å². The van der Waals surface area contributed by atoms with Crippen LogP contribution in [0.15, 0.2) is 30.3 Å². The number of carbonyl (C=O) groups excluding carboxylic acids is 2. The van der Waals surface area contributed by atoms with Crippen molar-refractivity contribution in [3.8, 4) is 0 Å². The number of anilines is 1. The summed E-state index contributed by atoms with van der Waals surface area (Å²) in [5.74, 6) is -1.17. The third-order valence-electron chi connectivity index (χ3n) is 4.77. The monoisotopic (exact) mass is 559 g/mol. The SMILES string of the molecule is CC.CC(C)(C)C.CCCNC=O.O=CNc1cc(Cl)c(F)cc1[C@@H]1CNCC1c1ccc(F)c(Cl)c1. The number of nitrogens with one attached hydrogen (secondary N) is 3. The largest absolute Gasteiger partial charge is 0.359 e. The normalized spacial score (nSPS) is 16.1. The summed E-state index contributed by atoms with van der Waals surface area (Å²) in [7, 11) is 0. The molecule has 0 saturated carbocycles. The Morgan fingerprint density at radius 2 is 1.51 bits per heavy atom. The molecular formula is C28H41Cl2F2N3O2. The van der Waals surface area contributed by atoms with Crippen LogP contribution in [0, 0.1) is 17.0 Å². The Morgan fingerprint density at radius 3 is 2.00 bits per heavy atom. The fourth-order valence-electron chi connectivity index (χ4n) is 3.36. The molecule has 37 heavy (non-hydrogen) atoms. The molecule has 1 heterocycles. The molecule has 1 unspecified atom stereocenters. The third-order valence-corrected chi connectivity index (χ3v) is 5.35. The van der Waals surface area contributed by atoms with Crippen molar-refractivity contribution >= 4 is 41.7 Å².